The van der Waals surface area contributed by atoms with Crippen LogP contribution < -0.4 is 19.6 Å². The van der Waals surface area contributed by atoms with Crippen LogP contribution in [0.1, 0.15) is 42.1 Å². The first-order valence-corrected chi connectivity index (χ1v) is 15.7. The Morgan fingerprint density at radius 3 is 2.38 bits per heavy atom. The van der Waals surface area contributed by atoms with Crippen LogP contribution >= 0.6 is 56.5 Å². The van der Waals surface area contributed by atoms with Gasteiger partial charge in [-0.3, -0.25) is 9.36 Å². The molecule has 0 saturated carbocycles. The Balaban J connectivity index is 1.56. The molecule has 0 saturated heterocycles. The third-order valence-corrected chi connectivity index (χ3v) is 9.04. The number of ether oxygens (including phenoxy) is 2. The number of carbonyl (C=O) groups excluding carboxylic acids is 1. The summed E-state index contributed by atoms with van der Waals surface area (Å²) in [5.41, 5.74) is 4.65. The zero-order valence-corrected chi connectivity index (χ0v) is 27.2. The average Bonchev–Trinajstić information content (AvgIpc) is 3.22. The number of fused-ring (bicyclic) bond motifs is 1. The van der Waals surface area contributed by atoms with Gasteiger partial charge in [0.2, 0.25) is 0 Å². The van der Waals surface area contributed by atoms with Crippen molar-refractivity contribution >= 4 is 68.6 Å². The van der Waals surface area contributed by atoms with Crippen molar-refractivity contribution in [1.82, 2.24) is 4.57 Å². The van der Waals surface area contributed by atoms with Crippen molar-refractivity contribution in [2.45, 2.75) is 33.4 Å². The Labute approximate surface area is 263 Å². The summed E-state index contributed by atoms with van der Waals surface area (Å²) < 4.78 is 15.6. The average molecular weight is 776 g/mol. The lowest BCUT2D eigenvalue weighted by molar-refractivity contribution is -0.139. The Hall–Kier alpha value is -2.77. The summed E-state index contributed by atoms with van der Waals surface area (Å²) in [7, 11) is 0. The summed E-state index contributed by atoms with van der Waals surface area (Å²) >= 11 is 5.86. The molecule has 0 fully saturated rings. The normalized spacial score (nSPS) is 15.0. The van der Waals surface area contributed by atoms with Crippen LogP contribution in [0.3, 0.4) is 0 Å². The molecule has 1 atom stereocenters. The molecule has 0 bridgehead atoms. The van der Waals surface area contributed by atoms with E-state index in [2.05, 4.69) is 50.2 Å². The number of esters is 1. The van der Waals surface area contributed by atoms with Crippen molar-refractivity contribution < 1.29 is 14.3 Å². The lowest BCUT2D eigenvalue weighted by atomic mass is 9.95. The highest BCUT2D eigenvalue weighted by molar-refractivity contribution is 14.1. The van der Waals surface area contributed by atoms with E-state index in [9.17, 15) is 9.59 Å². The van der Waals surface area contributed by atoms with E-state index in [-0.39, 0.29) is 12.2 Å². The lowest BCUT2D eigenvalue weighted by Gasteiger charge is -2.24. The smallest absolute Gasteiger partial charge is 0.338 e. The second-order valence-corrected chi connectivity index (χ2v) is 12.6. The van der Waals surface area contributed by atoms with E-state index in [0.717, 1.165) is 35.1 Å². The molecule has 0 spiro atoms. The molecule has 40 heavy (non-hydrogen) atoms. The number of halogens is 2. The minimum Gasteiger partial charge on any atom is -0.487 e. The van der Waals surface area contributed by atoms with Crippen molar-refractivity contribution in [3.8, 4) is 5.75 Å². The number of hydrogen-bond donors (Lipinski definition) is 0. The van der Waals surface area contributed by atoms with Crippen molar-refractivity contribution in [1.29, 1.82) is 0 Å². The molecule has 0 amide bonds. The largest absolute Gasteiger partial charge is 0.487 e. The molecule has 4 aromatic rings. The SMILES string of the molecule is CCOC(=O)C1=C(C)N=c2s/c(=C\c3cc(I)c(OCc4ccccc4)c(I)c3)c(=O)n2[C@H]1c1ccc(C)cc1. The minimum atomic E-state index is -0.618. The Morgan fingerprint density at radius 1 is 1.05 bits per heavy atom. The van der Waals surface area contributed by atoms with Crippen molar-refractivity contribution in [3.05, 3.63) is 127 Å². The topological polar surface area (TPSA) is 69.9 Å². The highest BCUT2D eigenvalue weighted by Gasteiger charge is 2.33. The molecule has 6 nitrogen and oxygen atoms in total. The maximum atomic E-state index is 13.9. The molecular formula is C31H26I2N2O4S. The van der Waals surface area contributed by atoms with Crippen LogP contribution in [0.2, 0.25) is 0 Å². The molecule has 1 aliphatic heterocycles. The molecular weight excluding hydrogens is 750 g/mol. The van der Waals surface area contributed by atoms with Crippen LogP contribution in [0.15, 0.2) is 87.8 Å². The van der Waals surface area contributed by atoms with Gasteiger partial charge in [-0.05, 0) is 101 Å². The molecule has 1 aromatic heterocycles. The predicted octanol–water partition coefficient (Wildman–Crippen LogP) is 5.89. The van der Waals surface area contributed by atoms with Crippen LogP contribution in [0, 0.1) is 14.1 Å². The second kappa shape index (κ2) is 12.4. The number of aryl methyl sites for hydroxylation is 1. The summed E-state index contributed by atoms with van der Waals surface area (Å²) in [4.78, 5) is 32.2. The number of hydrogen-bond acceptors (Lipinski definition) is 6. The van der Waals surface area contributed by atoms with Gasteiger partial charge in [-0.25, -0.2) is 9.79 Å². The maximum absolute atomic E-state index is 13.9. The summed E-state index contributed by atoms with van der Waals surface area (Å²) in [6, 6.07) is 21.3. The highest BCUT2D eigenvalue weighted by Crippen LogP contribution is 2.32. The van der Waals surface area contributed by atoms with Gasteiger partial charge >= 0.3 is 5.97 Å². The van der Waals surface area contributed by atoms with Gasteiger partial charge in [-0.1, -0.05) is 71.5 Å². The van der Waals surface area contributed by atoms with Crippen molar-refractivity contribution in [2.24, 2.45) is 4.99 Å². The number of rotatable bonds is 7. The summed E-state index contributed by atoms with van der Waals surface area (Å²) in [5.74, 6) is 0.358. The number of nitrogens with zero attached hydrogens (tertiary/aromatic N) is 2. The van der Waals surface area contributed by atoms with E-state index in [1.54, 1.807) is 18.4 Å². The third kappa shape index (κ3) is 5.96. The number of aromatic nitrogens is 1. The number of carbonyl (C=O) groups is 1. The fraction of sp³-hybridized carbons (Fsp3) is 0.194. The van der Waals surface area contributed by atoms with E-state index in [1.165, 1.54) is 11.3 Å². The zero-order chi connectivity index (χ0) is 28.4. The van der Waals surface area contributed by atoms with Crippen LogP contribution in [-0.4, -0.2) is 17.1 Å². The molecule has 204 valence electrons. The van der Waals surface area contributed by atoms with E-state index in [0.29, 0.717) is 27.2 Å². The van der Waals surface area contributed by atoms with Gasteiger partial charge in [-0.15, -0.1) is 0 Å². The number of allylic oxidation sites excluding steroid dienone is 1. The Bertz CT molecular complexity index is 1770. The van der Waals surface area contributed by atoms with Crippen molar-refractivity contribution in [3.63, 3.8) is 0 Å². The molecule has 3 aromatic carbocycles. The lowest BCUT2D eigenvalue weighted by Crippen LogP contribution is -2.39. The van der Waals surface area contributed by atoms with Gasteiger partial charge in [-0.2, -0.15) is 0 Å². The van der Waals surface area contributed by atoms with Gasteiger partial charge in [0, 0.05) is 0 Å². The van der Waals surface area contributed by atoms with Crippen molar-refractivity contribution in [2.75, 3.05) is 6.61 Å². The third-order valence-electron chi connectivity index (χ3n) is 6.45. The molecule has 2 heterocycles. The molecule has 0 radical (unpaired) electrons. The van der Waals surface area contributed by atoms with Gasteiger partial charge in [0.25, 0.3) is 5.56 Å². The quantitative estimate of drug-likeness (QED) is 0.174. The van der Waals surface area contributed by atoms with Gasteiger partial charge in [0.05, 0.1) is 35.6 Å². The Morgan fingerprint density at radius 2 is 1.73 bits per heavy atom. The second-order valence-electron chi connectivity index (χ2n) is 9.30. The maximum Gasteiger partial charge on any atom is 0.338 e. The van der Waals surface area contributed by atoms with Crippen LogP contribution in [0.5, 0.6) is 5.75 Å². The highest BCUT2D eigenvalue weighted by atomic mass is 127. The van der Waals surface area contributed by atoms with E-state index in [4.69, 9.17) is 9.47 Å². The molecule has 0 aliphatic carbocycles. The van der Waals surface area contributed by atoms with E-state index >= 15 is 0 Å². The first-order chi connectivity index (χ1) is 19.3. The fourth-order valence-corrected chi connectivity index (χ4v) is 7.71. The van der Waals surface area contributed by atoms with Crippen LogP contribution in [0.25, 0.3) is 6.08 Å². The molecule has 1 aliphatic rings. The molecule has 0 N–H and O–H groups in total. The summed E-state index contributed by atoms with van der Waals surface area (Å²) in [5, 5.41) is 0. The van der Waals surface area contributed by atoms with Crippen LogP contribution in [0.4, 0.5) is 0 Å². The first-order valence-electron chi connectivity index (χ1n) is 12.7. The van der Waals surface area contributed by atoms with Gasteiger partial charge in [0.1, 0.15) is 12.4 Å². The predicted molar refractivity (Wildman–Crippen MR) is 174 cm³/mol. The van der Waals surface area contributed by atoms with E-state index < -0.39 is 12.0 Å². The monoisotopic (exact) mass is 776 g/mol. The summed E-state index contributed by atoms with van der Waals surface area (Å²) in [6.07, 6.45) is 1.88. The number of thiazole rings is 1. The number of benzene rings is 3. The molecule has 5 rings (SSSR count). The van der Waals surface area contributed by atoms with E-state index in [1.807, 2.05) is 79.7 Å². The first kappa shape index (κ1) is 28.7. The molecule has 9 heteroatoms. The van der Waals surface area contributed by atoms with Gasteiger partial charge in [0.15, 0.2) is 4.80 Å². The molecule has 0 unspecified atom stereocenters. The summed E-state index contributed by atoms with van der Waals surface area (Å²) in [6.45, 7) is 6.28. The standard InChI is InChI=1S/C31H26I2N2O4S/c1-4-38-30(37)26-19(3)34-31-35(27(26)22-12-10-18(2)11-13-22)29(36)25(40-31)16-21-14-23(32)28(24(33)15-21)39-17-20-8-6-5-7-9-20/h5-16,27H,4,17H2,1-3H3/b25-16-/t27-/m0/s1. The van der Waals surface area contributed by atoms with Gasteiger partial charge < -0.3 is 9.47 Å². The zero-order valence-electron chi connectivity index (χ0n) is 22.1. The minimum absolute atomic E-state index is 0.196. The Kier molecular flexibility index (Phi) is 8.91. The fourth-order valence-electron chi connectivity index (χ4n) is 4.54. The van der Waals surface area contributed by atoms with Crippen LogP contribution in [-0.2, 0) is 16.1 Å².